The van der Waals surface area contributed by atoms with E-state index in [0.717, 1.165) is 6.42 Å². The number of methoxy groups -OCH3 is 2. The van der Waals surface area contributed by atoms with Crippen molar-refractivity contribution < 1.29 is 24.2 Å². The number of amides is 1. The van der Waals surface area contributed by atoms with E-state index in [0.29, 0.717) is 31.8 Å². The molecule has 6 nitrogen and oxygen atoms in total. The minimum Gasteiger partial charge on any atom is -0.481 e. The third-order valence-corrected chi connectivity index (χ3v) is 5.00. The first kappa shape index (κ1) is 16.2. The molecular formula is C15H25NO5. The first-order chi connectivity index (χ1) is 10.0. The minimum atomic E-state index is -0.852. The topological polar surface area (TPSA) is 76.1 Å². The van der Waals surface area contributed by atoms with E-state index in [2.05, 4.69) is 0 Å². The molecule has 6 heteroatoms. The first-order valence-corrected chi connectivity index (χ1v) is 7.58. The average Bonchev–Trinajstić information content (AvgIpc) is 3.09. The molecule has 0 aromatic carbocycles. The Morgan fingerprint density at radius 3 is 2.05 bits per heavy atom. The van der Waals surface area contributed by atoms with Gasteiger partial charge < -0.3 is 19.5 Å². The van der Waals surface area contributed by atoms with Gasteiger partial charge in [-0.05, 0) is 18.8 Å². The third-order valence-electron chi connectivity index (χ3n) is 5.00. The van der Waals surface area contributed by atoms with Crippen molar-refractivity contribution in [2.45, 2.75) is 38.4 Å². The van der Waals surface area contributed by atoms with Crippen LogP contribution in [0.25, 0.3) is 0 Å². The van der Waals surface area contributed by atoms with Crippen molar-refractivity contribution in [3.63, 3.8) is 0 Å². The zero-order valence-corrected chi connectivity index (χ0v) is 12.9. The molecule has 0 radical (unpaired) electrons. The van der Waals surface area contributed by atoms with Crippen LogP contribution in [0.3, 0.4) is 0 Å². The predicted molar refractivity (Wildman–Crippen MR) is 75.8 cm³/mol. The van der Waals surface area contributed by atoms with Crippen molar-refractivity contribution in [2.75, 3.05) is 27.3 Å². The van der Waals surface area contributed by atoms with Crippen LogP contribution in [0, 0.1) is 17.8 Å². The lowest BCUT2D eigenvalue weighted by atomic mass is 9.95. The molecule has 1 amide bonds. The van der Waals surface area contributed by atoms with Gasteiger partial charge in [-0.2, -0.15) is 0 Å². The number of rotatable bonds is 5. The lowest BCUT2D eigenvalue weighted by Gasteiger charge is -2.22. The Hall–Kier alpha value is -1.14. The molecule has 5 atom stereocenters. The van der Waals surface area contributed by atoms with Gasteiger partial charge in [0.2, 0.25) is 5.91 Å². The zero-order valence-electron chi connectivity index (χ0n) is 12.9. The molecular weight excluding hydrogens is 274 g/mol. The predicted octanol–water partition coefficient (Wildman–Crippen LogP) is 0.996. The molecule has 2 aliphatic rings. The summed E-state index contributed by atoms with van der Waals surface area (Å²) in [5.74, 6) is -1.53. The van der Waals surface area contributed by atoms with Crippen LogP contribution in [0.15, 0.2) is 0 Å². The molecule has 1 saturated carbocycles. The van der Waals surface area contributed by atoms with Gasteiger partial charge in [-0.1, -0.05) is 13.3 Å². The third kappa shape index (κ3) is 3.21. The maximum absolute atomic E-state index is 12.7. The number of aliphatic carboxylic acids is 1. The Kier molecular flexibility index (Phi) is 5.22. The lowest BCUT2D eigenvalue weighted by Crippen LogP contribution is -2.38. The van der Waals surface area contributed by atoms with Crippen molar-refractivity contribution in [1.82, 2.24) is 4.90 Å². The average molecular weight is 299 g/mol. The SMILES string of the molecule is CCC1C[C@H](C(=O)N2CC(OC)C(OC)C2)[C@H](C(=O)O)C1. The van der Waals surface area contributed by atoms with Gasteiger partial charge in [0, 0.05) is 27.3 Å². The fourth-order valence-electron chi connectivity index (χ4n) is 3.63. The van der Waals surface area contributed by atoms with E-state index in [9.17, 15) is 14.7 Å². The lowest BCUT2D eigenvalue weighted by molar-refractivity contribution is -0.148. The van der Waals surface area contributed by atoms with Gasteiger partial charge in [0.15, 0.2) is 0 Å². The summed E-state index contributed by atoms with van der Waals surface area (Å²) in [5, 5.41) is 9.36. The summed E-state index contributed by atoms with van der Waals surface area (Å²) >= 11 is 0. The maximum atomic E-state index is 12.7. The molecule has 120 valence electrons. The Morgan fingerprint density at radius 1 is 1.10 bits per heavy atom. The van der Waals surface area contributed by atoms with Gasteiger partial charge in [0.1, 0.15) is 12.2 Å². The van der Waals surface area contributed by atoms with Crippen molar-refractivity contribution in [3.8, 4) is 0 Å². The number of carbonyl (C=O) groups is 2. The van der Waals surface area contributed by atoms with Crippen LogP contribution in [0.1, 0.15) is 26.2 Å². The van der Waals surface area contributed by atoms with Gasteiger partial charge in [0.05, 0.1) is 11.8 Å². The van der Waals surface area contributed by atoms with Gasteiger partial charge in [0.25, 0.3) is 0 Å². The molecule has 0 spiro atoms. The molecule has 1 aliphatic heterocycles. The molecule has 1 aliphatic carbocycles. The van der Waals surface area contributed by atoms with Gasteiger partial charge in [-0.25, -0.2) is 0 Å². The van der Waals surface area contributed by atoms with E-state index >= 15 is 0 Å². The molecule has 1 heterocycles. The van der Waals surface area contributed by atoms with Crippen LogP contribution in [0.2, 0.25) is 0 Å². The molecule has 0 aromatic heterocycles. The standard InChI is InChI=1S/C15H25NO5/c1-4-9-5-10(11(6-9)15(18)19)14(17)16-7-12(20-2)13(8-16)21-3/h9-13H,4-8H2,1-3H3,(H,18,19)/t9?,10-,11+,12?,13?/m0/s1. The number of likely N-dealkylation sites (tertiary alicyclic amines) is 1. The number of hydrogen-bond acceptors (Lipinski definition) is 4. The monoisotopic (exact) mass is 299 g/mol. The number of carboxylic acid groups (broad SMARTS) is 1. The number of carboxylic acids is 1. The number of nitrogens with zero attached hydrogens (tertiary/aromatic N) is 1. The summed E-state index contributed by atoms with van der Waals surface area (Å²) in [6, 6.07) is 0. The summed E-state index contributed by atoms with van der Waals surface area (Å²) in [5.41, 5.74) is 0. The normalized spacial score (nSPS) is 36.1. The van der Waals surface area contributed by atoms with Crippen LogP contribution >= 0.6 is 0 Å². The summed E-state index contributed by atoms with van der Waals surface area (Å²) in [6.07, 6.45) is 1.95. The Morgan fingerprint density at radius 2 is 1.62 bits per heavy atom. The van der Waals surface area contributed by atoms with Crippen molar-refractivity contribution in [2.24, 2.45) is 17.8 Å². The largest absolute Gasteiger partial charge is 0.481 e. The zero-order chi connectivity index (χ0) is 15.6. The van der Waals surface area contributed by atoms with E-state index in [4.69, 9.17) is 9.47 Å². The number of hydrogen-bond donors (Lipinski definition) is 1. The Balaban J connectivity index is 2.07. The van der Waals surface area contributed by atoms with Gasteiger partial charge >= 0.3 is 5.97 Å². The molecule has 1 N–H and O–H groups in total. The smallest absolute Gasteiger partial charge is 0.307 e. The molecule has 0 aromatic rings. The second-order valence-electron chi connectivity index (χ2n) is 6.09. The van der Waals surface area contributed by atoms with Crippen LogP contribution in [0.4, 0.5) is 0 Å². The second kappa shape index (κ2) is 6.75. The first-order valence-electron chi connectivity index (χ1n) is 7.58. The Bertz CT molecular complexity index is 388. The molecule has 0 bridgehead atoms. The maximum Gasteiger partial charge on any atom is 0.307 e. The van der Waals surface area contributed by atoms with E-state index in [1.165, 1.54) is 0 Å². The summed E-state index contributed by atoms with van der Waals surface area (Å²) in [7, 11) is 3.21. The highest BCUT2D eigenvalue weighted by molar-refractivity contribution is 5.85. The quantitative estimate of drug-likeness (QED) is 0.819. The highest BCUT2D eigenvalue weighted by atomic mass is 16.5. The summed E-state index contributed by atoms with van der Waals surface area (Å²) in [4.78, 5) is 25.8. The fourth-order valence-corrected chi connectivity index (χ4v) is 3.63. The van der Waals surface area contributed by atoms with Gasteiger partial charge in [-0.15, -0.1) is 0 Å². The molecule has 21 heavy (non-hydrogen) atoms. The van der Waals surface area contributed by atoms with Crippen LogP contribution in [0.5, 0.6) is 0 Å². The van der Waals surface area contributed by atoms with E-state index in [1.54, 1.807) is 19.1 Å². The van der Waals surface area contributed by atoms with Crippen LogP contribution in [-0.2, 0) is 19.1 Å². The minimum absolute atomic E-state index is 0.0556. The molecule has 2 fully saturated rings. The highest BCUT2D eigenvalue weighted by Gasteiger charge is 2.46. The van der Waals surface area contributed by atoms with E-state index in [1.807, 2.05) is 6.92 Å². The van der Waals surface area contributed by atoms with Gasteiger partial charge in [-0.3, -0.25) is 9.59 Å². The molecule has 3 unspecified atom stereocenters. The highest BCUT2D eigenvalue weighted by Crippen LogP contribution is 2.40. The number of carbonyl (C=O) groups excluding carboxylic acids is 1. The summed E-state index contributed by atoms with van der Waals surface area (Å²) in [6.45, 7) is 3.01. The number of ether oxygens (including phenoxy) is 2. The Labute approximate surface area is 125 Å². The van der Waals surface area contributed by atoms with E-state index < -0.39 is 17.8 Å². The second-order valence-corrected chi connectivity index (χ2v) is 6.09. The molecule has 1 saturated heterocycles. The van der Waals surface area contributed by atoms with Crippen molar-refractivity contribution >= 4 is 11.9 Å². The summed E-state index contributed by atoms with van der Waals surface area (Å²) < 4.78 is 10.7. The van der Waals surface area contributed by atoms with Crippen molar-refractivity contribution in [3.05, 3.63) is 0 Å². The fraction of sp³-hybridized carbons (Fsp3) is 0.867. The van der Waals surface area contributed by atoms with E-state index in [-0.39, 0.29) is 18.1 Å². The van der Waals surface area contributed by atoms with Crippen molar-refractivity contribution in [1.29, 1.82) is 0 Å². The van der Waals surface area contributed by atoms with Crippen LogP contribution < -0.4 is 0 Å². The van der Waals surface area contributed by atoms with Crippen LogP contribution in [-0.4, -0.2) is 61.4 Å². The molecule has 2 rings (SSSR count).